The van der Waals surface area contributed by atoms with E-state index in [0.29, 0.717) is 18.4 Å². The summed E-state index contributed by atoms with van der Waals surface area (Å²) in [7, 11) is 0. The van der Waals surface area contributed by atoms with Crippen LogP contribution in [0.1, 0.15) is 18.9 Å². The molecule has 0 amide bonds. The molecule has 1 N–H and O–H groups in total. The number of nitrogens with one attached hydrogen (secondary N) is 1. The average Bonchev–Trinajstić information content (AvgIpc) is 3.10. The standard InChI is InChI=1S/C19H28F3N3O2.ClH/c1-2-26-18-11-15(3-4-17(18)27-14-19(20,21)22)12-24-8-5-16(13-24)25-9-6-23-7-10-25;/h3-4,11,16,23H,2,5-10,12-14H2,1H3;1H. The minimum Gasteiger partial charge on any atom is -0.490 e. The van der Waals surface area contributed by atoms with Crippen LogP contribution in [0.3, 0.4) is 0 Å². The molecule has 1 unspecified atom stereocenters. The van der Waals surface area contributed by atoms with Gasteiger partial charge in [-0.15, -0.1) is 12.4 Å². The highest BCUT2D eigenvalue weighted by Crippen LogP contribution is 2.31. The summed E-state index contributed by atoms with van der Waals surface area (Å²) in [5.41, 5.74) is 1.03. The second kappa shape index (κ2) is 10.5. The maximum Gasteiger partial charge on any atom is 0.422 e. The molecule has 0 spiro atoms. The predicted octanol–water partition coefficient (Wildman–Crippen LogP) is 2.93. The number of nitrogens with zero attached hydrogens (tertiary/aromatic N) is 2. The zero-order valence-electron chi connectivity index (χ0n) is 16.1. The first-order valence-corrected chi connectivity index (χ1v) is 9.57. The Hall–Kier alpha value is -1.22. The lowest BCUT2D eigenvalue weighted by molar-refractivity contribution is -0.153. The second-order valence-corrected chi connectivity index (χ2v) is 7.08. The number of hydrogen-bond donors (Lipinski definition) is 1. The van der Waals surface area contributed by atoms with E-state index in [1.165, 1.54) is 0 Å². The predicted molar refractivity (Wildman–Crippen MR) is 105 cm³/mol. The van der Waals surface area contributed by atoms with Crippen LogP contribution in [-0.4, -0.2) is 74.5 Å². The highest BCUT2D eigenvalue weighted by molar-refractivity contribution is 5.85. The van der Waals surface area contributed by atoms with Crippen LogP contribution in [0, 0.1) is 0 Å². The van der Waals surface area contributed by atoms with Gasteiger partial charge in [-0.25, -0.2) is 0 Å². The normalized spacial score (nSPS) is 21.4. The number of ether oxygens (including phenoxy) is 2. The van der Waals surface area contributed by atoms with Crippen molar-refractivity contribution in [1.82, 2.24) is 15.1 Å². The third-order valence-electron chi connectivity index (χ3n) is 5.02. The van der Waals surface area contributed by atoms with E-state index in [1.54, 1.807) is 19.1 Å². The third kappa shape index (κ3) is 6.69. The fourth-order valence-electron chi connectivity index (χ4n) is 3.76. The van der Waals surface area contributed by atoms with Gasteiger partial charge in [0, 0.05) is 51.9 Å². The molecule has 2 aliphatic rings. The minimum atomic E-state index is -4.36. The Morgan fingerprint density at radius 1 is 1.11 bits per heavy atom. The number of likely N-dealkylation sites (tertiary alicyclic amines) is 1. The average molecular weight is 424 g/mol. The lowest BCUT2D eigenvalue weighted by atomic mass is 10.2. The molecule has 2 fully saturated rings. The molecule has 28 heavy (non-hydrogen) atoms. The summed E-state index contributed by atoms with van der Waals surface area (Å²) >= 11 is 0. The van der Waals surface area contributed by atoms with Crippen molar-refractivity contribution in [2.75, 3.05) is 52.5 Å². The van der Waals surface area contributed by atoms with E-state index in [9.17, 15) is 13.2 Å². The van der Waals surface area contributed by atoms with Crippen molar-refractivity contribution in [3.05, 3.63) is 23.8 Å². The summed E-state index contributed by atoms with van der Waals surface area (Å²) in [6.45, 7) is 7.98. The first-order valence-electron chi connectivity index (χ1n) is 9.57. The van der Waals surface area contributed by atoms with Crippen LogP contribution in [0.5, 0.6) is 11.5 Å². The van der Waals surface area contributed by atoms with Gasteiger partial charge in [0.25, 0.3) is 0 Å². The third-order valence-corrected chi connectivity index (χ3v) is 5.02. The van der Waals surface area contributed by atoms with Gasteiger partial charge < -0.3 is 14.8 Å². The van der Waals surface area contributed by atoms with Crippen LogP contribution in [0.25, 0.3) is 0 Å². The van der Waals surface area contributed by atoms with Crippen LogP contribution in [0.4, 0.5) is 13.2 Å². The fourth-order valence-corrected chi connectivity index (χ4v) is 3.76. The Morgan fingerprint density at radius 3 is 2.54 bits per heavy atom. The summed E-state index contributed by atoms with van der Waals surface area (Å²) in [5, 5.41) is 3.38. The summed E-state index contributed by atoms with van der Waals surface area (Å²) in [6, 6.07) is 5.79. The molecular formula is C19H29ClF3N3O2. The highest BCUT2D eigenvalue weighted by atomic mass is 35.5. The van der Waals surface area contributed by atoms with E-state index in [1.807, 2.05) is 6.07 Å². The zero-order valence-corrected chi connectivity index (χ0v) is 17.0. The zero-order chi connectivity index (χ0) is 19.3. The summed E-state index contributed by atoms with van der Waals surface area (Å²) < 4.78 is 47.7. The van der Waals surface area contributed by atoms with E-state index < -0.39 is 12.8 Å². The molecule has 3 rings (SSSR count). The molecule has 0 aliphatic carbocycles. The number of rotatable bonds is 7. The largest absolute Gasteiger partial charge is 0.490 e. The highest BCUT2D eigenvalue weighted by Gasteiger charge is 2.30. The van der Waals surface area contributed by atoms with Crippen LogP contribution in [-0.2, 0) is 6.54 Å². The van der Waals surface area contributed by atoms with Gasteiger partial charge in [-0.05, 0) is 31.0 Å². The van der Waals surface area contributed by atoms with Gasteiger partial charge in [-0.3, -0.25) is 9.80 Å². The van der Waals surface area contributed by atoms with Crippen LogP contribution in [0.15, 0.2) is 18.2 Å². The molecule has 9 heteroatoms. The number of halogens is 4. The van der Waals surface area contributed by atoms with Crippen LogP contribution >= 0.6 is 12.4 Å². The Morgan fingerprint density at radius 2 is 1.86 bits per heavy atom. The van der Waals surface area contributed by atoms with Crippen LogP contribution in [0.2, 0.25) is 0 Å². The molecule has 0 aromatic heterocycles. The van der Waals surface area contributed by atoms with E-state index >= 15 is 0 Å². The molecule has 0 radical (unpaired) electrons. The Balaban J connectivity index is 0.00000280. The topological polar surface area (TPSA) is 37.0 Å². The van der Waals surface area contributed by atoms with E-state index in [0.717, 1.165) is 57.8 Å². The molecule has 1 aromatic rings. The lowest BCUT2D eigenvalue weighted by Crippen LogP contribution is -2.49. The van der Waals surface area contributed by atoms with Crippen molar-refractivity contribution in [3.63, 3.8) is 0 Å². The number of hydrogen-bond acceptors (Lipinski definition) is 5. The number of benzene rings is 1. The van der Waals surface area contributed by atoms with E-state index in [-0.39, 0.29) is 18.2 Å². The van der Waals surface area contributed by atoms with E-state index in [4.69, 9.17) is 9.47 Å². The molecule has 0 saturated carbocycles. The maximum absolute atomic E-state index is 12.4. The molecule has 1 atom stereocenters. The molecule has 0 bridgehead atoms. The summed E-state index contributed by atoms with van der Waals surface area (Å²) in [5.74, 6) is 0.509. The monoisotopic (exact) mass is 423 g/mol. The van der Waals surface area contributed by atoms with Gasteiger partial charge in [-0.2, -0.15) is 13.2 Å². The summed E-state index contributed by atoms with van der Waals surface area (Å²) in [6.07, 6.45) is -3.21. The van der Waals surface area contributed by atoms with Gasteiger partial charge in [0.2, 0.25) is 0 Å². The Bertz CT molecular complexity index is 613. The quantitative estimate of drug-likeness (QED) is 0.729. The molecule has 2 heterocycles. The smallest absolute Gasteiger partial charge is 0.422 e. The van der Waals surface area contributed by atoms with Gasteiger partial charge in [-0.1, -0.05) is 6.07 Å². The molecule has 160 valence electrons. The molecule has 2 saturated heterocycles. The number of alkyl halides is 3. The van der Waals surface area contributed by atoms with Crippen molar-refractivity contribution >= 4 is 12.4 Å². The van der Waals surface area contributed by atoms with E-state index in [2.05, 4.69) is 15.1 Å². The lowest BCUT2D eigenvalue weighted by Gasteiger charge is -2.32. The van der Waals surface area contributed by atoms with Gasteiger partial charge >= 0.3 is 6.18 Å². The molecule has 1 aromatic carbocycles. The molecular weight excluding hydrogens is 395 g/mol. The van der Waals surface area contributed by atoms with Crippen molar-refractivity contribution in [2.24, 2.45) is 0 Å². The minimum absolute atomic E-state index is 0. The fraction of sp³-hybridized carbons (Fsp3) is 0.684. The molecule has 2 aliphatic heterocycles. The van der Waals surface area contributed by atoms with Crippen molar-refractivity contribution in [3.8, 4) is 11.5 Å². The Kier molecular flexibility index (Phi) is 8.67. The first kappa shape index (κ1) is 23.1. The van der Waals surface area contributed by atoms with Crippen LogP contribution < -0.4 is 14.8 Å². The van der Waals surface area contributed by atoms with Gasteiger partial charge in [0.05, 0.1) is 6.61 Å². The molecule has 5 nitrogen and oxygen atoms in total. The van der Waals surface area contributed by atoms with Crippen molar-refractivity contribution < 1.29 is 22.6 Å². The summed E-state index contributed by atoms with van der Waals surface area (Å²) in [4.78, 5) is 4.95. The SMILES string of the molecule is CCOc1cc(CN2CCC(N3CCNCC3)C2)ccc1OCC(F)(F)F.Cl. The first-order chi connectivity index (χ1) is 12.9. The van der Waals surface area contributed by atoms with Gasteiger partial charge in [0.15, 0.2) is 18.1 Å². The second-order valence-electron chi connectivity index (χ2n) is 7.08. The van der Waals surface area contributed by atoms with Crippen molar-refractivity contribution in [2.45, 2.75) is 32.1 Å². The Labute approximate surface area is 170 Å². The van der Waals surface area contributed by atoms with Crippen molar-refractivity contribution in [1.29, 1.82) is 0 Å². The number of piperazine rings is 1. The maximum atomic E-state index is 12.4. The van der Waals surface area contributed by atoms with Gasteiger partial charge in [0.1, 0.15) is 0 Å².